The SMILES string of the molecule is CC(CSc1cc(Cl)ccc1Cl)/C(N)=N/O. The molecule has 1 aromatic rings. The number of benzene rings is 1. The van der Waals surface area contributed by atoms with Gasteiger partial charge in [0.25, 0.3) is 0 Å². The van der Waals surface area contributed by atoms with Crippen LogP contribution in [0.15, 0.2) is 28.3 Å². The Kier molecular flexibility index (Phi) is 5.25. The molecule has 0 heterocycles. The Morgan fingerprint density at radius 1 is 1.56 bits per heavy atom. The van der Waals surface area contributed by atoms with Crippen molar-refractivity contribution in [2.24, 2.45) is 16.8 Å². The zero-order chi connectivity index (χ0) is 12.1. The van der Waals surface area contributed by atoms with Crippen LogP contribution in [0.2, 0.25) is 10.0 Å². The molecule has 1 aromatic carbocycles. The van der Waals surface area contributed by atoms with Crippen molar-refractivity contribution in [2.75, 3.05) is 5.75 Å². The van der Waals surface area contributed by atoms with Crippen molar-refractivity contribution in [3.63, 3.8) is 0 Å². The molecular formula is C10H12Cl2N2OS. The molecule has 88 valence electrons. The number of rotatable bonds is 4. The topological polar surface area (TPSA) is 58.6 Å². The summed E-state index contributed by atoms with van der Waals surface area (Å²) in [5.74, 6) is 0.867. The maximum absolute atomic E-state index is 8.51. The van der Waals surface area contributed by atoms with E-state index in [0.29, 0.717) is 15.8 Å². The lowest BCUT2D eigenvalue weighted by atomic mass is 10.2. The van der Waals surface area contributed by atoms with Crippen LogP contribution in [-0.2, 0) is 0 Å². The summed E-state index contributed by atoms with van der Waals surface area (Å²) in [7, 11) is 0. The molecule has 3 N–H and O–H groups in total. The molecule has 0 fully saturated rings. The number of halogens is 2. The van der Waals surface area contributed by atoms with Gasteiger partial charge in [0.2, 0.25) is 0 Å². The largest absolute Gasteiger partial charge is 0.409 e. The molecule has 1 unspecified atom stereocenters. The molecule has 0 aliphatic heterocycles. The maximum atomic E-state index is 8.51. The molecule has 0 radical (unpaired) electrons. The van der Waals surface area contributed by atoms with Crippen molar-refractivity contribution in [3.05, 3.63) is 28.2 Å². The van der Waals surface area contributed by atoms with Gasteiger partial charge in [-0.2, -0.15) is 0 Å². The van der Waals surface area contributed by atoms with Crippen molar-refractivity contribution >= 4 is 40.8 Å². The Bertz CT molecular complexity index is 398. The third kappa shape index (κ3) is 3.77. The van der Waals surface area contributed by atoms with Gasteiger partial charge in [-0.15, -0.1) is 11.8 Å². The van der Waals surface area contributed by atoms with Crippen LogP contribution in [0.5, 0.6) is 0 Å². The van der Waals surface area contributed by atoms with E-state index in [9.17, 15) is 0 Å². The van der Waals surface area contributed by atoms with Crippen LogP contribution in [0.3, 0.4) is 0 Å². The lowest BCUT2D eigenvalue weighted by Crippen LogP contribution is -2.22. The second-order valence-corrected chi connectivity index (χ2v) is 5.22. The van der Waals surface area contributed by atoms with Gasteiger partial charge in [0.05, 0.1) is 5.02 Å². The van der Waals surface area contributed by atoms with Gasteiger partial charge in [-0.3, -0.25) is 0 Å². The van der Waals surface area contributed by atoms with E-state index in [2.05, 4.69) is 5.16 Å². The molecule has 1 rings (SSSR count). The quantitative estimate of drug-likeness (QED) is 0.292. The molecule has 3 nitrogen and oxygen atoms in total. The van der Waals surface area contributed by atoms with Gasteiger partial charge in [0.15, 0.2) is 0 Å². The Hall–Kier alpha value is -0.580. The van der Waals surface area contributed by atoms with E-state index in [4.69, 9.17) is 34.1 Å². The predicted molar refractivity (Wildman–Crippen MR) is 69.8 cm³/mol. The first-order chi connectivity index (χ1) is 7.54. The Morgan fingerprint density at radius 2 is 2.25 bits per heavy atom. The molecule has 6 heteroatoms. The van der Waals surface area contributed by atoms with E-state index < -0.39 is 0 Å². The lowest BCUT2D eigenvalue weighted by Gasteiger charge is -2.10. The van der Waals surface area contributed by atoms with Crippen LogP contribution in [0, 0.1) is 5.92 Å². The number of nitrogens with two attached hydrogens (primary N) is 1. The summed E-state index contributed by atoms with van der Waals surface area (Å²) >= 11 is 13.4. The van der Waals surface area contributed by atoms with E-state index in [1.807, 2.05) is 6.92 Å². The van der Waals surface area contributed by atoms with Gasteiger partial charge in [0, 0.05) is 21.6 Å². The highest BCUT2D eigenvalue weighted by atomic mass is 35.5. The van der Waals surface area contributed by atoms with Crippen LogP contribution in [-0.4, -0.2) is 16.8 Å². The Balaban J connectivity index is 2.64. The van der Waals surface area contributed by atoms with Gasteiger partial charge in [-0.1, -0.05) is 35.3 Å². The third-order valence-corrected chi connectivity index (χ3v) is 3.99. The van der Waals surface area contributed by atoms with Gasteiger partial charge in [0.1, 0.15) is 5.84 Å². The molecule has 0 aliphatic rings. The lowest BCUT2D eigenvalue weighted by molar-refractivity contribution is 0.315. The van der Waals surface area contributed by atoms with Crippen LogP contribution < -0.4 is 5.73 Å². The number of hydrogen-bond acceptors (Lipinski definition) is 3. The molecular weight excluding hydrogens is 267 g/mol. The predicted octanol–water partition coefficient (Wildman–Crippen LogP) is 3.47. The van der Waals surface area contributed by atoms with Gasteiger partial charge < -0.3 is 10.9 Å². The van der Waals surface area contributed by atoms with Crippen molar-refractivity contribution in [1.82, 2.24) is 0 Å². The van der Waals surface area contributed by atoms with Crippen molar-refractivity contribution in [3.8, 4) is 0 Å². The first kappa shape index (κ1) is 13.5. The molecule has 0 spiro atoms. The molecule has 1 atom stereocenters. The fourth-order valence-electron chi connectivity index (χ4n) is 0.987. The standard InChI is InChI=1S/C10H12Cl2N2OS/c1-6(10(13)14-15)5-16-9-4-7(11)2-3-8(9)12/h2-4,6,15H,5H2,1H3,(H2,13,14). The number of nitrogens with zero attached hydrogens (tertiary/aromatic N) is 1. The molecule has 0 saturated carbocycles. The van der Waals surface area contributed by atoms with Crippen LogP contribution in [0.25, 0.3) is 0 Å². The van der Waals surface area contributed by atoms with Crippen LogP contribution >= 0.6 is 35.0 Å². The minimum Gasteiger partial charge on any atom is -0.409 e. The van der Waals surface area contributed by atoms with Crippen molar-refractivity contribution in [1.29, 1.82) is 0 Å². The van der Waals surface area contributed by atoms with Crippen molar-refractivity contribution in [2.45, 2.75) is 11.8 Å². The minimum absolute atomic E-state index is 0.0231. The summed E-state index contributed by atoms with van der Waals surface area (Å²) in [6.07, 6.45) is 0. The second-order valence-electron chi connectivity index (χ2n) is 3.31. The fourth-order valence-corrected chi connectivity index (χ4v) is 2.52. The summed E-state index contributed by atoms with van der Waals surface area (Å²) in [5.41, 5.74) is 5.48. The van der Waals surface area contributed by atoms with E-state index in [1.54, 1.807) is 18.2 Å². The van der Waals surface area contributed by atoms with E-state index >= 15 is 0 Å². The van der Waals surface area contributed by atoms with E-state index in [1.165, 1.54) is 11.8 Å². The normalized spacial score (nSPS) is 13.8. The fraction of sp³-hybridized carbons (Fsp3) is 0.300. The van der Waals surface area contributed by atoms with Gasteiger partial charge >= 0.3 is 0 Å². The summed E-state index contributed by atoms with van der Waals surface area (Å²) in [6.45, 7) is 1.88. The monoisotopic (exact) mass is 278 g/mol. The molecule has 16 heavy (non-hydrogen) atoms. The number of thioether (sulfide) groups is 1. The van der Waals surface area contributed by atoms with Gasteiger partial charge in [-0.05, 0) is 18.2 Å². The molecule has 0 bridgehead atoms. The van der Waals surface area contributed by atoms with E-state index in [-0.39, 0.29) is 11.8 Å². The first-order valence-corrected chi connectivity index (χ1v) is 6.34. The molecule has 0 aliphatic carbocycles. The third-order valence-electron chi connectivity index (χ3n) is 2.00. The van der Waals surface area contributed by atoms with Crippen LogP contribution in [0.1, 0.15) is 6.92 Å². The highest BCUT2D eigenvalue weighted by molar-refractivity contribution is 7.99. The zero-order valence-electron chi connectivity index (χ0n) is 8.65. The van der Waals surface area contributed by atoms with Crippen LogP contribution in [0.4, 0.5) is 0 Å². The summed E-state index contributed by atoms with van der Waals surface area (Å²) in [5, 5.41) is 12.8. The molecule has 0 aromatic heterocycles. The number of amidine groups is 1. The zero-order valence-corrected chi connectivity index (χ0v) is 11.0. The maximum Gasteiger partial charge on any atom is 0.142 e. The average molecular weight is 279 g/mol. The summed E-state index contributed by atoms with van der Waals surface area (Å²) in [6, 6.07) is 5.29. The molecule has 0 saturated heterocycles. The van der Waals surface area contributed by atoms with Crippen molar-refractivity contribution < 1.29 is 5.21 Å². The molecule has 0 amide bonds. The summed E-state index contributed by atoms with van der Waals surface area (Å²) < 4.78 is 0. The van der Waals surface area contributed by atoms with E-state index in [0.717, 1.165) is 4.90 Å². The number of oxime groups is 1. The second kappa shape index (κ2) is 6.23. The Labute approximate surface area is 109 Å². The average Bonchev–Trinajstić information content (AvgIpc) is 2.28. The highest BCUT2D eigenvalue weighted by Gasteiger charge is 2.10. The summed E-state index contributed by atoms with van der Waals surface area (Å²) in [4.78, 5) is 0.895. The number of hydrogen-bond donors (Lipinski definition) is 2. The Morgan fingerprint density at radius 3 is 2.88 bits per heavy atom. The smallest absolute Gasteiger partial charge is 0.142 e. The van der Waals surface area contributed by atoms with Gasteiger partial charge in [-0.25, -0.2) is 0 Å². The minimum atomic E-state index is -0.0231. The first-order valence-electron chi connectivity index (χ1n) is 4.60. The highest BCUT2D eigenvalue weighted by Crippen LogP contribution is 2.30.